The fourth-order valence-corrected chi connectivity index (χ4v) is 2.08. The van der Waals surface area contributed by atoms with Crippen molar-refractivity contribution in [1.29, 1.82) is 0 Å². The molecule has 2 aromatic carbocycles. The molecule has 1 nitrogen and oxygen atoms in total. The molecule has 0 heterocycles. The molecular formula is C16H15F4N. The van der Waals surface area contributed by atoms with Crippen LogP contribution in [0.4, 0.5) is 23.2 Å². The Hall–Kier alpha value is -2.04. The van der Waals surface area contributed by atoms with E-state index in [2.05, 4.69) is 5.32 Å². The smallest absolute Gasteiger partial charge is 0.381 e. The number of hydrogen-bond donors (Lipinski definition) is 1. The highest BCUT2D eigenvalue weighted by Crippen LogP contribution is 2.33. The second kappa shape index (κ2) is 5.76. The Morgan fingerprint density at radius 2 is 1.71 bits per heavy atom. The summed E-state index contributed by atoms with van der Waals surface area (Å²) >= 11 is 0. The highest BCUT2D eigenvalue weighted by molar-refractivity contribution is 5.53. The van der Waals surface area contributed by atoms with Crippen LogP contribution < -0.4 is 5.32 Å². The van der Waals surface area contributed by atoms with Gasteiger partial charge >= 0.3 is 6.18 Å². The van der Waals surface area contributed by atoms with Gasteiger partial charge in [-0.3, -0.25) is 0 Å². The van der Waals surface area contributed by atoms with E-state index in [0.717, 1.165) is 28.9 Å². The molecule has 0 amide bonds. The van der Waals surface area contributed by atoms with Gasteiger partial charge in [0.2, 0.25) is 0 Å². The molecule has 5 heteroatoms. The zero-order valence-corrected chi connectivity index (χ0v) is 11.7. The lowest BCUT2D eigenvalue weighted by Crippen LogP contribution is -2.12. The maximum absolute atomic E-state index is 13.0. The highest BCUT2D eigenvalue weighted by atomic mass is 19.4. The fourth-order valence-electron chi connectivity index (χ4n) is 2.08. The molecule has 112 valence electrons. The molecule has 0 saturated heterocycles. The Balaban J connectivity index is 2.26. The van der Waals surface area contributed by atoms with Crippen LogP contribution in [0.1, 0.15) is 22.3 Å². The normalized spacial score (nSPS) is 11.5. The summed E-state index contributed by atoms with van der Waals surface area (Å²) in [5, 5.41) is 2.98. The number of benzene rings is 2. The van der Waals surface area contributed by atoms with Crippen LogP contribution in [0.2, 0.25) is 0 Å². The van der Waals surface area contributed by atoms with Gasteiger partial charge in [-0.1, -0.05) is 18.2 Å². The van der Waals surface area contributed by atoms with E-state index in [4.69, 9.17) is 0 Å². The average molecular weight is 297 g/mol. The Bertz CT molecular complexity index is 647. The van der Waals surface area contributed by atoms with E-state index in [1.165, 1.54) is 0 Å². The number of alkyl halides is 3. The Morgan fingerprint density at radius 3 is 2.38 bits per heavy atom. The number of nitrogens with one attached hydrogen (secondary N) is 1. The summed E-state index contributed by atoms with van der Waals surface area (Å²) < 4.78 is 51.7. The molecule has 0 fully saturated rings. The van der Waals surface area contributed by atoms with Crippen molar-refractivity contribution in [2.45, 2.75) is 26.6 Å². The second-order valence-electron chi connectivity index (χ2n) is 4.97. The summed E-state index contributed by atoms with van der Waals surface area (Å²) in [7, 11) is 0. The molecular weight excluding hydrogens is 282 g/mol. The summed E-state index contributed by atoms with van der Waals surface area (Å²) in [5.74, 6) is -0.891. The van der Waals surface area contributed by atoms with Gasteiger partial charge in [-0.05, 0) is 48.7 Å². The van der Waals surface area contributed by atoms with Gasteiger partial charge in [-0.2, -0.15) is 13.2 Å². The first-order valence-electron chi connectivity index (χ1n) is 6.44. The van der Waals surface area contributed by atoms with Crippen LogP contribution in [0.5, 0.6) is 0 Å². The molecule has 0 spiro atoms. The van der Waals surface area contributed by atoms with Gasteiger partial charge in [0.25, 0.3) is 0 Å². The first-order chi connectivity index (χ1) is 9.77. The maximum atomic E-state index is 13.0. The van der Waals surface area contributed by atoms with Crippen molar-refractivity contribution in [2.75, 3.05) is 5.32 Å². The van der Waals surface area contributed by atoms with Crippen LogP contribution in [-0.2, 0) is 12.7 Å². The number of halogens is 4. The number of aryl methyl sites for hydroxylation is 2. The van der Waals surface area contributed by atoms with Gasteiger partial charge < -0.3 is 5.32 Å². The Morgan fingerprint density at radius 1 is 1.00 bits per heavy atom. The lowest BCUT2D eigenvalue weighted by Gasteiger charge is -2.15. The van der Waals surface area contributed by atoms with E-state index < -0.39 is 17.6 Å². The van der Waals surface area contributed by atoms with Gasteiger partial charge in [0, 0.05) is 12.2 Å². The van der Waals surface area contributed by atoms with Crippen molar-refractivity contribution in [1.82, 2.24) is 0 Å². The topological polar surface area (TPSA) is 12.0 Å². The molecule has 21 heavy (non-hydrogen) atoms. The lowest BCUT2D eigenvalue weighted by molar-refractivity contribution is -0.138. The molecule has 0 aliphatic heterocycles. The molecule has 0 radical (unpaired) electrons. The van der Waals surface area contributed by atoms with Crippen molar-refractivity contribution in [3.8, 4) is 0 Å². The zero-order valence-electron chi connectivity index (χ0n) is 11.7. The predicted octanol–water partition coefficient (Wildman–Crippen LogP) is 5.07. The van der Waals surface area contributed by atoms with Crippen LogP contribution in [0.25, 0.3) is 0 Å². The van der Waals surface area contributed by atoms with Crippen molar-refractivity contribution in [3.63, 3.8) is 0 Å². The third-order valence-electron chi connectivity index (χ3n) is 3.24. The number of hydrogen-bond acceptors (Lipinski definition) is 1. The third-order valence-corrected chi connectivity index (χ3v) is 3.24. The summed E-state index contributed by atoms with van der Waals surface area (Å²) in [6.45, 7) is 3.76. The number of anilines is 1. The van der Waals surface area contributed by atoms with E-state index in [1.807, 2.05) is 32.0 Å². The Kier molecular flexibility index (Phi) is 4.21. The molecule has 0 aliphatic carbocycles. The summed E-state index contributed by atoms with van der Waals surface area (Å²) in [5.41, 5.74) is 1.80. The molecule has 0 bridgehead atoms. The van der Waals surface area contributed by atoms with E-state index in [-0.39, 0.29) is 12.1 Å². The minimum Gasteiger partial charge on any atom is -0.381 e. The molecule has 1 N–H and O–H groups in total. The first-order valence-corrected chi connectivity index (χ1v) is 6.44. The standard InChI is InChI=1S/C16H15F4N/c1-10-3-4-11(2)15(7-10)21-9-12-5-6-13(17)8-14(12)16(18,19)20/h3-8,21H,9H2,1-2H3. The van der Waals surface area contributed by atoms with E-state index >= 15 is 0 Å². The minimum atomic E-state index is -4.57. The van der Waals surface area contributed by atoms with Crippen molar-refractivity contribution >= 4 is 5.69 Å². The van der Waals surface area contributed by atoms with Gasteiger partial charge in [0.1, 0.15) is 5.82 Å². The van der Waals surface area contributed by atoms with Crippen LogP contribution in [0, 0.1) is 19.7 Å². The second-order valence-corrected chi connectivity index (χ2v) is 4.97. The Labute approximate surface area is 120 Å². The SMILES string of the molecule is Cc1ccc(C)c(NCc2ccc(F)cc2C(F)(F)F)c1. The first kappa shape index (κ1) is 15.4. The average Bonchev–Trinajstić information content (AvgIpc) is 2.40. The van der Waals surface area contributed by atoms with Crippen molar-refractivity contribution in [3.05, 3.63) is 64.5 Å². The monoisotopic (exact) mass is 297 g/mol. The van der Waals surface area contributed by atoms with Crippen LogP contribution >= 0.6 is 0 Å². The van der Waals surface area contributed by atoms with Gasteiger partial charge in [-0.15, -0.1) is 0 Å². The summed E-state index contributed by atoms with van der Waals surface area (Å²) in [6, 6.07) is 8.42. The van der Waals surface area contributed by atoms with Gasteiger partial charge in [0.15, 0.2) is 0 Å². The van der Waals surface area contributed by atoms with Crippen molar-refractivity contribution < 1.29 is 17.6 Å². The highest BCUT2D eigenvalue weighted by Gasteiger charge is 2.33. The number of rotatable bonds is 3. The lowest BCUT2D eigenvalue weighted by atomic mass is 10.1. The van der Waals surface area contributed by atoms with E-state index in [1.54, 1.807) is 0 Å². The molecule has 0 aliphatic rings. The van der Waals surface area contributed by atoms with Gasteiger partial charge in [0.05, 0.1) is 5.56 Å². The predicted molar refractivity (Wildman–Crippen MR) is 74.6 cm³/mol. The quantitative estimate of drug-likeness (QED) is 0.780. The molecule has 2 rings (SSSR count). The molecule has 0 saturated carbocycles. The zero-order chi connectivity index (χ0) is 15.6. The van der Waals surface area contributed by atoms with E-state index in [0.29, 0.717) is 6.07 Å². The molecule has 0 atom stereocenters. The van der Waals surface area contributed by atoms with E-state index in [9.17, 15) is 17.6 Å². The summed E-state index contributed by atoms with van der Waals surface area (Å²) in [4.78, 5) is 0. The molecule has 2 aromatic rings. The van der Waals surface area contributed by atoms with Gasteiger partial charge in [-0.25, -0.2) is 4.39 Å². The molecule has 0 aromatic heterocycles. The minimum absolute atomic E-state index is 0.0145. The van der Waals surface area contributed by atoms with Crippen LogP contribution in [-0.4, -0.2) is 0 Å². The summed E-state index contributed by atoms with van der Waals surface area (Å²) in [6.07, 6.45) is -4.57. The third kappa shape index (κ3) is 3.74. The van der Waals surface area contributed by atoms with Crippen LogP contribution in [0.15, 0.2) is 36.4 Å². The fraction of sp³-hybridized carbons (Fsp3) is 0.250. The molecule has 0 unspecified atom stereocenters. The van der Waals surface area contributed by atoms with Crippen LogP contribution in [0.3, 0.4) is 0 Å². The maximum Gasteiger partial charge on any atom is 0.416 e. The largest absolute Gasteiger partial charge is 0.416 e. The van der Waals surface area contributed by atoms with Crippen molar-refractivity contribution in [2.24, 2.45) is 0 Å².